The summed E-state index contributed by atoms with van der Waals surface area (Å²) >= 11 is 0. The molecular formula is C17H15FN4O3. The highest BCUT2D eigenvalue weighted by molar-refractivity contribution is 5.95. The fourth-order valence-electron chi connectivity index (χ4n) is 2.33. The van der Waals surface area contributed by atoms with Gasteiger partial charge in [0.1, 0.15) is 5.82 Å². The molecule has 0 aliphatic carbocycles. The lowest BCUT2D eigenvalue weighted by atomic mass is 10.1. The first-order valence-corrected chi connectivity index (χ1v) is 7.31. The van der Waals surface area contributed by atoms with Crippen molar-refractivity contribution in [3.63, 3.8) is 0 Å². The van der Waals surface area contributed by atoms with E-state index in [1.54, 1.807) is 12.1 Å². The van der Waals surface area contributed by atoms with Crippen molar-refractivity contribution in [2.24, 2.45) is 0 Å². The number of esters is 1. The molecule has 7 nitrogen and oxygen atoms in total. The van der Waals surface area contributed by atoms with E-state index in [-0.39, 0.29) is 35.2 Å². The van der Waals surface area contributed by atoms with Crippen LogP contribution < -0.4 is 16.2 Å². The number of halogens is 1. The Bertz CT molecular complexity index is 962. The second kappa shape index (κ2) is 6.60. The Morgan fingerprint density at radius 3 is 2.68 bits per heavy atom. The Morgan fingerprint density at radius 1 is 1.16 bits per heavy atom. The van der Waals surface area contributed by atoms with Crippen LogP contribution in [0, 0.1) is 5.82 Å². The van der Waals surface area contributed by atoms with Gasteiger partial charge in [-0.3, -0.25) is 0 Å². The maximum atomic E-state index is 13.9. The predicted octanol–water partition coefficient (Wildman–Crippen LogP) is 2.30. The van der Waals surface area contributed by atoms with Crippen LogP contribution in [0.25, 0.3) is 10.9 Å². The highest BCUT2D eigenvalue weighted by atomic mass is 19.1. The molecule has 0 amide bonds. The molecule has 0 fully saturated rings. The van der Waals surface area contributed by atoms with Crippen LogP contribution in [-0.2, 0) is 11.3 Å². The minimum Gasteiger partial charge on any atom is -0.494 e. The number of nitrogens with two attached hydrogens (primary N) is 2. The lowest BCUT2D eigenvalue weighted by Gasteiger charge is -2.10. The normalized spacial score (nSPS) is 10.6. The summed E-state index contributed by atoms with van der Waals surface area (Å²) in [5, 5.41) is 0.707. The number of carbonyl (C=O) groups excluding carboxylic acids is 1. The molecule has 0 bridgehead atoms. The Balaban J connectivity index is 1.80. The van der Waals surface area contributed by atoms with E-state index >= 15 is 0 Å². The molecule has 2 aromatic carbocycles. The van der Waals surface area contributed by atoms with Gasteiger partial charge in [0.05, 0.1) is 23.9 Å². The Morgan fingerprint density at radius 2 is 1.92 bits per heavy atom. The molecule has 0 aliphatic rings. The summed E-state index contributed by atoms with van der Waals surface area (Å²) in [7, 11) is 1.30. The lowest BCUT2D eigenvalue weighted by molar-refractivity contribution is 0.0463. The van der Waals surface area contributed by atoms with Crippen molar-refractivity contribution < 1.29 is 18.7 Å². The van der Waals surface area contributed by atoms with E-state index in [4.69, 9.17) is 20.9 Å². The van der Waals surface area contributed by atoms with Crippen molar-refractivity contribution in [1.29, 1.82) is 0 Å². The number of hydrogen-bond donors (Lipinski definition) is 2. The first kappa shape index (κ1) is 16.4. The minimum atomic E-state index is -0.817. The molecule has 8 heteroatoms. The summed E-state index contributed by atoms with van der Waals surface area (Å²) in [6.07, 6.45) is 0. The number of rotatable bonds is 4. The first-order valence-electron chi connectivity index (χ1n) is 7.31. The quantitative estimate of drug-likeness (QED) is 0.552. The maximum absolute atomic E-state index is 13.9. The molecule has 1 aromatic heterocycles. The zero-order valence-electron chi connectivity index (χ0n) is 13.3. The smallest absolute Gasteiger partial charge is 0.340 e. The fourth-order valence-corrected chi connectivity index (χ4v) is 2.33. The number of methoxy groups -OCH3 is 1. The van der Waals surface area contributed by atoms with Crippen molar-refractivity contribution in [1.82, 2.24) is 9.97 Å². The van der Waals surface area contributed by atoms with Gasteiger partial charge in [-0.2, -0.15) is 0 Å². The summed E-state index contributed by atoms with van der Waals surface area (Å²) in [6, 6.07) is 9.83. The predicted molar refractivity (Wildman–Crippen MR) is 90.4 cm³/mol. The summed E-state index contributed by atoms with van der Waals surface area (Å²) in [5.74, 6) is -1.15. The fraction of sp³-hybridized carbons (Fsp3) is 0.118. The molecule has 3 rings (SSSR count). The van der Waals surface area contributed by atoms with Gasteiger partial charge in [0, 0.05) is 5.39 Å². The molecular weight excluding hydrogens is 327 g/mol. The van der Waals surface area contributed by atoms with E-state index in [1.165, 1.54) is 19.2 Å². The van der Waals surface area contributed by atoms with Crippen molar-refractivity contribution in [3.05, 3.63) is 53.6 Å². The van der Waals surface area contributed by atoms with Crippen LogP contribution in [-0.4, -0.2) is 23.0 Å². The van der Waals surface area contributed by atoms with E-state index in [9.17, 15) is 9.18 Å². The average Bonchev–Trinajstić information content (AvgIpc) is 2.62. The highest BCUT2D eigenvalue weighted by Crippen LogP contribution is 2.26. The van der Waals surface area contributed by atoms with Crippen LogP contribution in [0.2, 0.25) is 0 Å². The van der Waals surface area contributed by atoms with Crippen LogP contribution in [0.5, 0.6) is 5.75 Å². The van der Waals surface area contributed by atoms with Gasteiger partial charge in [-0.05, 0) is 24.3 Å². The molecule has 1 heterocycles. The maximum Gasteiger partial charge on any atom is 0.340 e. The minimum absolute atomic E-state index is 0.0558. The largest absolute Gasteiger partial charge is 0.494 e. The molecule has 0 aliphatic heterocycles. The number of anilines is 2. The molecule has 0 saturated heterocycles. The standard InChI is InChI=1S/C17H15FN4O3/c1-24-12-7-6-10(15(19)14(12)18)17(23)25-8-13-21-11-5-3-2-4-9(11)16(20)22-13/h2-7H,8,19H2,1H3,(H2,20,21,22). The first-order chi connectivity index (χ1) is 12.0. The zero-order valence-corrected chi connectivity index (χ0v) is 13.3. The van der Waals surface area contributed by atoms with Crippen LogP contribution >= 0.6 is 0 Å². The summed E-state index contributed by atoms with van der Waals surface area (Å²) < 4.78 is 23.8. The number of hydrogen-bond acceptors (Lipinski definition) is 7. The third kappa shape index (κ3) is 3.14. The van der Waals surface area contributed by atoms with E-state index in [0.29, 0.717) is 10.9 Å². The van der Waals surface area contributed by atoms with Gasteiger partial charge in [0.2, 0.25) is 0 Å². The summed E-state index contributed by atoms with van der Waals surface area (Å²) in [5.41, 5.74) is 11.7. The molecule has 4 N–H and O–H groups in total. The van der Waals surface area contributed by atoms with Crippen LogP contribution in [0.15, 0.2) is 36.4 Å². The number of benzene rings is 2. The van der Waals surface area contributed by atoms with Crippen LogP contribution in [0.3, 0.4) is 0 Å². The molecule has 3 aromatic rings. The van der Waals surface area contributed by atoms with Crippen molar-refractivity contribution in [3.8, 4) is 5.75 Å². The molecule has 128 valence electrons. The Kier molecular flexibility index (Phi) is 4.34. The van der Waals surface area contributed by atoms with Crippen LogP contribution in [0.4, 0.5) is 15.9 Å². The van der Waals surface area contributed by atoms with Gasteiger partial charge < -0.3 is 20.9 Å². The topological polar surface area (TPSA) is 113 Å². The molecule has 25 heavy (non-hydrogen) atoms. The second-order valence-electron chi connectivity index (χ2n) is 5.16. The van der Waals surface area contributed by atoms with Gasteiger partial charge in [0.15, 0.2) is 24.0 Å². The van der Waals surface area contributed by atoms with Crippen molar-refractivity contribution in [2.75, 3.05) is 18.6 Å². The van der Waals surface area contributed by atoms with Gasteiger partial charge >= 0.3 is 5.97 Å². The van der Waals surface area contributed by atoms with Crippen molar-refractivity contribution >= 4 is 28.4 Å². The van der Waals surface area contributed by atoms with Gasteiger partial charge in [-0.25, -0.2) is 19.2 Å². The Labute approximate surface area is 142 Å². The van der Waals surface area contributed by atoms with E-state index in [0.717, 1.165) is 0 Å². The number of ether oxygens (including phenoxy) is 2. The SMILES string of the molecule is COc1ccc(C(=O)OCc2nc(N)c3ccccc3n2)c(N)c1F. The number of carbonyl (C=O) groups is 1. The number of fused-ring (bicyclic) bond motifs is 1. The molecule has 0 spiro atoms. The molecule has 0 radical (unpaired) electrons. The Hall–Kier alpha value is -3.42. The average molecular weight is 342 g/mol. The lowest BCUT2D eigenvalue weighted by Crippen LogP contribution is -2.12. The van der Waals surface area contributed by atoms with Gasteiger partial charge in [-0.15, -0.1) is 0 Å². The van der Waals surface area contributed by atoms with E-state index < -0.39 is 11.8 Å². The highest BCUT2D eigenvalue weighted by Gasteiger charge is 2.18. The number of aromatic nitrogens is 2. The zero-order chi connectivity index (χ0) is 18.0. The third-order valence-electron chi connectivity index (χ3n) is 3.60. The number of para-hydroxylation sites is 1. The van der Waals surface area contributed by atoms with Crippen molar-refractivity contribution in [2.45, 2.75) is 6.61 Å². The molecule has 0 atom stereocenters. The number of nitrogen functional groups attached to an aromatic ring is 2. The van der Waals surface area contributed by atoms with E-state index in [2.05, 4.69) is 9.97 Å². The number of nitrogens with zero attached hydrogens (tertiary/aromatic N) is 2. The second-order valence-corrected chi connectivity index (χ2v) is 5.16. The van der Waals surface area contributed by atoms with Gasteiger partial charge in [-0.1, -0.05) is 12.1 Å². The molecule has 0 saturated carbocycles. The monoisotopic (exact) mass is 342 g/mol. The van der Waals surface area contributed by atoms with E-state index in [1.807, 2.05) is 12.1 Å². The van der Waals surface area contributed by atoms with Gasteiger partial charge in [0.25, 0.3) is 0 Å². The third-order valence-corrected chi connectivity index (χ3v) is 3.60. The summed E-state index contributed by atoms with van der Waals surface area (Å²) in [4.78, 5) is 20.5. The molecule has 0 unspecified atom stereocenters. The van der Waals surface area contributed by atoms with Crippen LogP contribution in [0.1, 0.15) is 16.2 Å². The summed E-state index contributed by atoms with van der Waals surface area (Å²) in [6.45, 7) is -0.221.